The van der Waals surface area contributed by atoms with E-state index in [1.54, 1.807) is 31.1 Å². The number of rotatable bonds is 7. The van der Waals surface area contributed by atoms with E-state index in [1.807, 2.05) is 36.4 Å². The first kappa shape index (κ1) is 26.8. The smallest absolute Gasteiger partial charge is 0.228 e. The molecule has 2 aliphatic rings. The number of hydrogen-bond donors (Lipinski definition) is 0. The number of allylic oxidation sites excluding steroid dienone is 2. The van der Waals surface area contributed by atoms with Gasteiger partial charge in [0.2, 0.25) is 5.88 Å². The van der Waals surface area contributed by atoms with Crippen molar-refractivity contribution in [3.05, 3.63) is 87.7 Å². The molecule has 11 heteroatoms. The zero-order chi connectivity index (χ0) is 28.7. The maximum absolute atomic E-state index is 13.7. The average molecular weight is 574 g/mol. The van der Waals surface area contributed by atoms with Crippen LogP contribution in [0.25, 0.3) is 5.65 Å². The van der Waals surface area contributed by atoms with E-state index in [0.717, 1.165) is 11.1 Å². The van der Waals surface area contributed by atoms with Crippen molar-refractivity contribution in [2.45, 2.75) is 39.2 Å². The number of fused-ring (bicyclic) bond motifs is 3. The van der Waals surface area contributed by atoms with Gasteiger partial charge in [-0.1, -0.05) is 54.9 Å². The molecule has 4 aromatic rings. The summed E-state index contributed by atoms with van der Waals surface area (Å²) >= 11 is 6.18. The second-order valence-corrected chi connectivity index (χ2v) is 11.1. The largest absolute Gasteiger partial charge is 0.493 e. The lowest BCUT2D eigenvalue weighted by molar-refractivity contribution is -0.118. The minimum absolute atomic E-state index is 0.0142. The highest BCUT2D eigenvalue weighted by Crippen LogP contribution is 2.51. The number of carbonyl (C=O) groups is 1. The Morgan fingerprint density at radius 1 is 1.15 bits per heavy atom. The summed E-state index contributed by atoms with van der Waals surface area (Å²) in [5.74, 6) is 2.08. The summed E-state index contributed by atoms with van der Waals surface area (Å²) in [6, 6.07) is 12.9. The van der Waals surface area contributed by atoms with E-state index in [0.29, 0.717) is 63.6 Å². The highest BCUT2D eigenvalue weighted by molar-refractivity contribution is 6.33. The highest BCUT2D eigenvalue weighted by atomic mass is 35.5. The minimum Gasteiger partial charge on any atom is -0.493 e. The van der Waals surface area contributed by atoms with Crippen LogP contribution in [-0.4, -0.2) is 45.8 Å². The summed E-state index contributed by atoms with van der Waals surface area (Å²) in [5, 5.41) is 9.12. The number of benzene rings is 2. The van der Waals surface area contributed by atoms with E-state index in [1.165, 1.54) is 6.21 Å². The SMILES string of the molecule is COc1ccc([C@H]2C3=C(CC(C)(C)CC3=O)Oc3ncn4nc(CO/N=C\c5ccccc5Cl)nc4c32)cc1OC. The third-order valence-corrected chi connectivity index (χ3v) is 7.56. The lowest BCUT2D eigenvalue weighted by atomic mass is 9.70. The Kier molecular flexibility index (Phi) is 6.86. The molecule has 1 aliphatic heterocycles. The fraction of sp³-hybridized carbons (Fsp3) is 0.300. The molecule has 210 valence electrons. The molecule has 1 aliphatic carbocycles. The maximum Gasteiger partial charge on any atom is 0.228 e. The van der Waals surface area contributed by atoms with Gasteiger partial charge in [0.15, 0.2) is 35.4 Å². The third kappa shape index (κ3) is 4.99. The monoisotopic (exact) mass is 573 g/mol. The van der Waals surface area contributed by atoms with Crippen LogP contribution in [-0.2, 0) is 16.2 Å². The van der Waals surface area contributed by atoms with Gasteiger partial charge >= 0.3 is 0 Å². The molecule has 41 heavy (non-hydrogen) atoms. The fourth-order valence-electron chi connectivity index (χ4n) is 5.39. The molecular weight excluding hydrogens is 546 g/mol. The first-order chi connectivity index (χ1) is 19.8. The highest BCUT2D eigenvalue weighted by Gasteiger charge is 2.44. The van der Waals surface area contributed by atoms with Crippen molar-refractivity contribution in [2.24, 2.45) is 10.6 Å². The van der Waals surface area contributed by atoms with E-state index >= 15 is 0 Å². The second-order valence-electron chi connectivity index (χ2n) is 10.7. The lowest BCUT2D eigenvalue weighted by Crippen LogP contribution is -2.33. The number of ketones is 1. The van der Waals surface area contributed by atoms with E-state index in [9.17, 15) is 4.79 Å². The predicted octanol–water partition coefficient (Wildman–Crippen LogP) is 5.51. The van der Waals surface area contributed by atoms with Crippen LogP contribution in [0, 0.1) is 5.41 Å². The summed E-state index contributed by atoms with van der Waals surface area (Å²) in [4.78, 5) is 28.5. The minimum atomic E-state index is -0.496. The molecule has 0 fully saturated rings. The standard InChI is InChI=1S/C30H28ClN5O5/c1-30(2)12-20(37)26-23(13-30)41-29-27(25(26)17-9-10-21(38-3)22(11-17)39-4)28-34-24(35-36(28)16-32-29)15-40-33-14-18-7-5-6-8-19(18)31/h5-11,14,16,25H,12-13,15H2,1-4H3/b33-14-/t25-/m0/s1. The second kappa shape index (κ2) is 10.5. The maximum atomic E-state index is 13.7. The van der Waals surface area contributed by atoms with Gasteiger partial charge in [-0.05, 0) is 29.2 Å². The normalized spacial score (nSPS) is 17.8. The molecule has 1 atom stereocenters. The van der Waals surface area contributed by atoms with Crippen LogP contribution in [0.5, 0.6) is 17.4 Å². The van der Waals surface area contributed by atoms with Crippen molar-refractivity contribution < 1.29 is 23.8 Å². The van der Waals surface area contributed by atoms with Gasteiger partial charge in [0.05, 0.1) is 31.9 Å². The van der Waals surface area contributed by atoms with Crippen molar-refractivity contribution in [1.29, 1.82) is 0 Å². The number of hydrogen-bond acceptors (Lipinski definition) is 9. The number of methoxy groups -OCH3 is 2. The Balaban J connectivity index is 1.41. The van der Waals surface area contributed by atoms with Gasteiger partial charge in [-0.3, -0.25) is 4.79 Å². The summed E-state index contributed by atoms with van der Waals surface area (Å²) in [6.07, 6.45) is 4.09. The number of Topliss-reactive ketones (excluding diaryl/α,β-unsaturated/α-hetero) is 1. The summed E-state index contributed by atoms with van der Waals surface area (Å²) in [6.45, 7) is 4.14. The third-order valence-electron chi connectivity index (χ3n) is 7.21. The lowest BCUT2D eigenvalue weighted by Gasteiger charge is -2.37. The molecule has 6 rings (SSSR count). The van der Waals surface area contributed by atoms with Crippen LogP contribution in [0.1, 0.15) is 55.1 Å². The van der Waals surface area contributed by atoms with Crippen molar-refractivity contribution in [1.82, 2.24) is 19.6 Å². The number of carbonyl (C=O) groups excluding carboxylic acids is 1. The molecule has 0 N–H and O–H groups in total. The Bertz CT molecular complexity index is 1730. The van der Waals surface area contributed by atoms with Gasteiger partial charge in [0.25, 0.3) is 0 Å². The molecule has 0 unspecified atom stereocenters. The van der Waals surface area contributed by atoms with Crippen molar-refractivity contribution in [3.8, 4) is 17.4 Å². The number of aromatic nitrogens is 4. The number of nitrogens with zero attached hydrogens (tertiary/aromatic N) is 5. The van der Waals surface area contributed by atoms with Crippen molar-refractivity contribution in [3.63, 3.8) is 0 Å². The molecule has 0 saturated carbocycles. The number of halogens is 1. The summed E-state index contributed by atoms with van der Waals surface area (Å²) in [5.41, 5.74) is 3.08. The predicted molar refractivity (Wildman–Crippen MR) is 152 cm³/mol. The fourth-order valence-corrected chi connectivity index (χ4v) is 5.57. The molecule has 2 aromatic carbocycles. The van der Waals surface area contributed by atoms with E-state index in [-0.39, 0.29) is 17.8 Å². The topological polar surface area (TPSA) is 109 Å². The van der Waals surface area contributed by atoms with Crippen LogP contribution in [0.4, 0.5) is 0 Å². The molecule has 10 nitrogen and oxygen atoms in total. The zero-order valence-electron chi connectivity index (χ0n) is 23.1. The first-order valence-corrected chi connectivity index (χ1v) is 13.5. The quantitative estimate of drug-likeness (QED) is 0.210. The van der Waals surface area contributed by atoms with Gasteiger partial charge in [-0.15, -0.1) is 5.10 Å². The zero-order valence-corrected chi connectivity index (χ0v) is 23.8. The Morgan fingerprint density at radius 3 is 2.73 bits per heavy atom. The van der Waals surface area contributed by atoms with Gasteiger partial charge in [-0.2, -0.15) is 0 Å². The summed E-state index contributed by atoms with van der Waals surface area (Å²) in [7, 11) is 3.16. The van der Waals surface area contributed by atoms with Gasteiger partial charge in [-0.25, -0.2) is 14.5 Å². The van der Waals surface area contributed by atoms with Crippen molar-refractivity contribution >= 4 is 29.2 Å². The van der Waals surface area contributed by atoms with E-state index in [4.69, 9.17) is 35.6 Å². The molecule has 3 heterocycles. The molecule has 0 radical (unpaired) electrons. The number of ether oxygens (including phenoxy) is 3. The van der Waals surface area contributed by atoms with E-state index < -0.39 is 5.92 Å². The molecule has 0 saturated heterocycles. The van der Waals surface area contributed by atoms with Crippen LogP contribution >= 0.6 is 11.6 Å². The summed E-state index contributed by atoms with van der Waals surface area (Å²) < 4.78 is 18.9. The Morgan fingerprint density at radius 2 is 1.95 bits per heavy atom. The van der Waals surface area contributed by atoms with Gasteiger partial charge in [0, 0.05) is 29.0 Å². The average Bonchev–Trinajstić information content (AvgIpc) is 3.37. The molecule has 2 aromatic heterocycles. The Hall–Kier alpha value is -4.44. The van der Waals surface area contributed by atoms with Crippen LogP contribution in [0.2, 0.25) is 5.02 Å². The van der Waals surface area contributed by atoms with Gasteiger partial charge < -0.3 is 19.0 Å². The Labute approximate surface area is 241 Å². The van der Waals surface area contributed by atoms with Gasteiger partial charge in [0.1, 0.15) is 12.1 Å². The van der Waals surface area contributed by atoms with E-state index in [2.05, 4.69) is 29.1 Å². The molecular formula is C30H28ClN5O5. The molecule has 0 amide bonds. The van der Waals surface area contributed by atoms with Crippen molar-refractivity contribution in [2.75, 3.05) is 14.2 Å². The van der Waals surface area contributed by atoms with Crippen LogP contribution in [0.3, 0.4) is 0 Å². The number of oxime groups is 1. The van der Waals surface area contributed by atoms with Crippen LogP contribution < -0.4 is 14.2 Å². The van der Waals surface area contributed by atoms with Crippen LogP contribution in [0.15, 0.2) is 65.3 Å². The molecule has 0 bridgehead atoms. The molecule has 0 spiro atoms. The first-order valence-electron chi connectivity index (χ1n) is 13.1.